The van der Waals surface area contributed by atoms with Crippen LogP contribution in [0.5, 0.6) is 0 Å². The fourth-order valence-corrected chi connectivity index (χ4v) is 3.57. The third kappa shape index (κ3) is 4.64. The van der Waals surface area contributed by atoms with Crippen molar-refractivity contribution in [2.45, 2.75) is 45.8 Å². The maximum absolute atomic E-state index is 12.2. The Kier molecular flexibility index (Phi) is 6.29. The SMILES string of the molecule is CCN(CC)Cc1ccc(CNC(=O)NC2CCc3ccccc32)cc1. The molecule has 4 nitrogen and oxygen atoms in total. The number of carbonyl (C=O) groups excluding carboxylic acids is 1. The number of nitrogens with zero attached hydrogens (tertiary/aromatic N) is 1. The molecule has 1 aliphatic carbocycles. The van der Waals surface area contributed by atoms with Gasteiger partial charge < -0.3 is 10.6 Å². The molecule has 1 atom stereocenters. The third-order valence-electron chi connectivity index (χ3n) is 5.21. The second-order valence-electron chi connectivity index (χ2n) is 6.89. The molecule has 0 aromatic heterocycles. The number of amides is 2. The Balaban J connectivity index is 1.47. The molecule has 1 aliphatic rings. The Hall–Kier alpha value is -2.33. The lowest BCUT2D eigenvalue weighted by molar-refractivity contribution is 0.236. The molecule has 0 spiro atoms. The number of aryl methyl sites for hydroxylation is 1. The van der Waals surface area contributed by atoms with Gasteiger partial charge in [0.25, 0.3) is 0 Å². The molecule has 2 aromatic rings. The van der Waals surface area contributed by atoms with Crippen molar-refractivity contribution in [3.63, 3.8) is 0 Å². The van der Waals surface area contributed by atoms with Crippen LogP contribution >= 0.6 is 0 Å². The fraction of sp³-hybridized carbons (Fsp3) is 0.409. The first-order chi connectivity index (χ1) is 12.7. The Bertz CT molecular complexity index is 722. The molecule has 0 saturated carbocycles. The zero-order valence-corrected chi connectivity index (χ0v) is 15.8. The minimum atomic E-state index is -0.0982. The van der Waals surface area contributed by atoms with Crippen molar-refractivity contribution in [1.29, 1.82) is 0 Å². The maximum atomic E-state index is 12.2. The van der Waals surface area contributed by atoms with Crippen molar-refractivity contribution >= 4 is 6.03 Å². The van der Waals surface area contributed by atoms with Crippen molar-refractivity contribution < 1.29 is 4.79 Å². The topological polar surface area (TPSA) is 44.4 Å². The van der Waals surface area contributed by atoms with Crippen LogP contribution in [0.4, 0.5) is 4.79 Å². The molecule has 0 saturated heterocycles. The summed E-state index contributed by atoms with van der Waals surface area (Å²) < 4.78 is 0. The molecular formula is C22H29N3O. The van der Waals surface area contributed by atoms with E-state index in [1.54, 1.807) is 0 Å². The average molecular weight is 351 g/mol. The number of nitrogens with one attached hydrogen (secondary N) is 2. The molecule has 2 amide bonds. The Morgan fingerprint density at radius 3 is 2.46 bits per heavy atom. The molecule has 2 aromatic carbocycles. The first-order valence-electron chi connectivity index (χ1n) is 9.62. The quantitative estimate of drug-likeness (QED) is 0.791. The lowest BCUT2D eigenvalue weighted by Gasteiger charge is -2.18. The molecule has 2 N–H and O–H groups in total. The fourth-order valence-electron chi connectivity index (χ4n) is 3.57. The minimum Gasteiger partial charge on any atom is -0.334 e. The van der Waals surface area contributed by atoms with Gasteiger partial charge in [-0.2, -0.15) is 0 Å². The van der Waals surface area contributed by atoms with Crippen molar-refractivity contribution in [3.05, 3.63) is 70.8 Å². The predicted octanol–water partition coefficient (Wildman–Crippen LogP) is 4.02. The van der Waals surface area contributed by atoms with E-state index >= 15 is 0 Å². The zero-order chi connectivity index (χ0) is 18.4. The van der Waals surface area contributed by atoms with Gasteiger partial charge in [-0.25, -0.2) is 4.79 Å². The predicted molar refractivity (Wildman–Crippen MR) is 106 cm³/mol. The minimum absolute atomic E-state index is 0.0982. The Labute approximate surface area is 156 Å². The van der Waals surface area contributed by atoms with Crippen LogP contribution in [-0.4, -0.2) is 24.0 Å². The highest BCUT2D eigenvalue weighted by atomic mass is 16.2. The highest BCUT2D eigenvalue weighted by Crippen LogP contribution is 2.30. The summed E-state index contributed by atoms with van der Waals surface area (Å²) in [6.45, 7) is 8.01. The van der Waals surface area contributed by atoms with Gasteiger partial charge in [-0.15, -0.1) is 0 Å². The Morgan fingerprint density at radius 2 is 1.73 bits per heavy atom. The van der Waals surface area contributed by atoms with Crippen molar-refractivity contribution in [3.8, 4) is 0 Å². The summed E-state index contributed by atoms with van der Waals surface area (Å²) in [6, 6.07) is 16.9. The molecule has 4 heteroatoms. The standard InChI is InChI=1S/C22H29N3O/c1-3-25(4-2)16-18-11-9-17(10-12-18)15-23-22(26)24-21-14-13-19-7-5-6-8-20(19)21/h5-12,21H,3-4,13-16H2,1-2H3,(H2,23,24,26). The van der Waals surface area contributed by atoms with Gasteiger partial charge in [0.15, 0.2) is 0 Å². The first kappa shape index (κ1) is 18.5. The highest BCUT2D eigenvalue weighted by Gasteiger charge is 2.23. The second kappa shape index (κ2) is 8.86. The number of carbonyl (C=O) groups is 1. The van der Waals surface area contributed by atoms with Gasteiger partial charge in [0.2, 0.25) is 0 Å². The van der Waals surface area contributed by atoms with Gasteiger partial charge in [-0.1, -0.05) is 62.4 Å². The molecule has 0 radical (unpaired) electrons. The number of fused-ring (bicyclic) bond motifs is 1. The van der Waals surface area contributed by atoms with Crippen LogP contribution in [0, 0.1) is 0 Å². The molecule has 3 rings (SSSR count). The van der Waals surface area contributed by atoms with E-state index in [1.807, 2.05) is 6.07 Å². The third-order valence-corrected chi connectivity index (χ3v) is 5.21. The lowest BCUT2D eigenvalue weighted by Crippen LogP contribution is -2.36. The van der Waals surface area contributed by atoms with Gasteiger partial charge in [0.05, 0.1) is 6.04 Å². The smallest absolute Gasteiger partial charge is 0.315 e. The summed E-state index contributed by atoms with van der Waals surface area (Å²) in [5, 5.41) is 6.08. The molecule has 26 heavy (non-hydrogen) atoms. The van der Waals surface area contributed by atoms with E-state index in [4.69, 9.17) is 0 Å². The normalized spacial score (nSPS) is 15.7. The lowest BCUT2D eigenvalue weighted by atomic mass is 10.1. The van der Waals surface area contributed by atoms with Crippen molar-refractivity contribution in [1.82, 2.24) is 15.5 Å². The molecule has 0 heterocycles. The zero-order valence-electron chi connectivity index (χ0n) is 15.8. The molecule has 0 bridgehead atoms. The van der Waals surface area contributed by atoms with Gasteiger partial charge >= 0.3 is 6.03 Å². The number of benzene rings is 2. The number of rotatable bonds is 7. The Morgan fingerprint density at radius 1 is 1.04 bits per heavy atom. The van der Waals surface area contributed by atoms with Crippen molar-refractivity contribution in [2.24, 2.45) is 0 Å². The van der Waals surface area contributed by atoms with Crippen LogP contribution < -0.4 is 10.6 Å². The van der Waals surface area contributed by atoms with Crippen molar-refractivity contribution in [2.75, 3.05) is 13.1 Å². The number of hydrogen-bond acceptors (Lipinski definition) is 2. The summed E-state index contributed by atoms with van der Waals surface area (Å²) in [7, 11) is 0. The van der Waals surface area contributed by atoms with E-state index in [1.165, 1.54) is 16.7 Å². The van der Waals surface area contributed by atoms with E-state index < -0.39 is 0 Å². The number of urea groups is 1. The van der Waals surface area contributed by atoms with Gasteiger partial charge in [-0.3, -0.25) is 4.90 Å². The van der Waals surface area contributed by atoms with Gasteiger partial charge in [0.1, 0.15) is 0 Å². The molecule has 0 fully saturated rings. The average Bonchev–Trinajstić information content (AvgIpc) is 3.08. The van der Waals surface area contributed by atoms with Crippen LogP contribution in [-0.2, 0) is 19.5 Å². The molecule has 1 unspecified atom stereocenters. The molecule has 138 valence electrons. The second-order valence-corrected chi connectivity index (χ2v) is 6.89. The largest absolute Gasteiger partial charge is 0.334 e. The summed E-state index contributed by atoms with van der Waals surface area (Å²) in [4.78, 5) is 14.6. The highest BCUT2D eigenvalue weighted by molar-refractivity contribution is 5.74. The van der Waals surface area contributed by atoms with E-state index in [0.717, 1.165) is 38.0 Å². The monoisotopic (exact) mass is 351 g/mol. The summed E-state index contributed by atoms with van der Waals surface area (Å²) in [5.41, 5.74) is 5.03. The molecule has 0 aliphatic heterocycles. The first-order valence-corrected chi connectivity index (χ1v) is 9.62. The van der Waals surface area contributed by atoms with E-state index in [-0.39, 0.29) is 12.1 Å². The summed E-state index contributed by atoms with van der Waals surface area (Å²) in [6.07, 6.45) is 2.02. The number of hydrogen-bond donors (Lipinski definition) is 2. The van der Waals surface area contributed by atoms with E-state index in [9.17, 15) is 4.79 Å². The van der Waals surface area contributed by atoms with E-state index in [0.29, 0.717) is 6.54 Å². The molecular weight excluding hydrogens is 322 g/mol. The van der Waals surface area contributed by atoms with Gasteiger partial charge in [-0.05, 0) is 48.2 Å². The summed E-state index contributed by atoms with van der Waals surface area (Å²) >= 11 is 0. The van der Waals surface area contributed by atoms with Crippen LogP contribution in [0.3, 0.4) is 0 Å². The van der Waals surface area contributed by atoms with Gasteiger partial charge in [0, 0.05) is 13.1 Å². The van der Waals surface area contributed by atoms with Crippen LogP contribution in [0.1, 0.15) is 48.6 Å². The van der Waals surface area contributed by atoms with Crippen LogP contribution in [0.2, 0.25) is 0 Å². The van der Waals surface area contributed by atoms with Crippen LogP contribution in [0.25, 0.3) is 0 Å². The maximum Gasteiger partial charge on any atom is 0.315 e. The van der Waals surface area contributed by atoms with Crippen LogP contribution in [0.15, 0.2) is 48.5 Å². The van der Waals surface area contributed by atoms with E-state index in [2.05, 4.69) is 71.8 Å². The summed E-state index contributed by atoms with van der Waals surface area (Å²) in [5.74, 6) is 0.